The monoisotopic (exact) mass is 440 g/mol. The lowest BCUT2D eigenvalue weighted by Gasteiger charge is -2.17. The summed E-state index contributed by atoms with van der Waals surface area (Å²) in [6.45, 7) is 2.04. The maximum atomic E-state index is 13.4. The van der Waals surface area contributed by atoms with Crippen molar-refractivity contribution in [2.45, 2.75) is 13.5 Å². The molecule has 0 saturated heterocycles. The number of carbonyl (C=O) groups excluding carboxylic acids is 1. The van der Waals surface area contributed by atoms with Gasteiger partial charge in [0.1, 0.15) is 5.56 Å². The van der Waals surface area contributed by atoms with Crippen LogP contribution in [-0.4, -0.2) is 20.6 Å². The third-order valence-corrected chi connectivity index (χ3v) is 5.11. The first kappa shape index (κ1) is 21.6. The van der Waals surface area contributed by atoms with Gasteiger partial charge in [-0.2, -0.15) is 5.10 Å². The number of non-ortho nitro benzene ring substituents is 1. The van der Waals surface area contributed by atoms with Crippen LogP contribution in [0.15, 0.2) is 89.7 Å². The van der Waals surface area contributed by atoms with Gasteiger partial charge < -0.3 is 5.32 Å². The maximum Gasteiger partial charge on any atom is 0.280 e. The highest BCUT2D eigenvalue weighted by Gasteiger charge is 2.25. The van der Waals surface area contributed by atoms with Crippen LogP contribution in [0, 0.1) is 10.1 Å². The largest absolute Gasteiger partial charge is 0.322 e. The summed E-state index contributed by atoms with van der Waals surface area (Å²) in [7, 11) is 0. The second-order valence-electron chi connectivity index (χ2n) is 7.21. The van der Waals surface area contributed by atoms with E-state index >= 15 is 0 Å². The molecular formula is C25H20N4O4. The SMILES string of the molecule is CCn1nc(-c2ccccc2)c(-c2ccccc2)c(C(=O)Nc2cccc([N+](=O)[O-])c2)c1=O. The van der Waals surface area contributed by atoms with Gasteiger partial charge in [0.05, 0.1) is 10.6 Å². The zero-order chi connectivity index (χ0) is 23.4. The standard InChI is InChI=1S/C25H20N4O4/c1-2-28-25(31)22(24(30)26-19-14-9-15-20(16-19)29(32)33)21(17-10-5-3-6-11-17)23(27-28)18-12-7-4-8-13-18/h3-16H,2H2,1H3,(H,26,30). The van der Waals surface area contributed by atoms with Crippen LogP contribution in [0.25, 0.3) is 22.4 Å². The van der Waals surface area contributed by atoms with E-state index in [1.54, 1.807) is 6.92 Å². The summed E-state index contributed by atoms with van der Waals surface area (Å²) in [5.41, 5.74) is 1.74. The van der Waals surface area contributed by atoms with Gasteiger partial charge >= 0.3 is 0 Å². The van der Waals surface area contributed by atoms with Crippen molar-refractivity contribution < 1.29 is 9.72 Å². The number of aromatic nitrogens is 2. The van der Waals surface area contributed by atoms with Gasteiger partial charge in [0, 0.05) is 35.5 Å². The van der Waals surface area contributed by atoms with Gasteiger partial charge in [0.2, 0.25) is 0 Å². The fourth-order valence-electron chi connectivity index (χ4n) is 3.57. The minimum absolute atomic E-state index is 0.0802. The molecule has 0 saturated carbocycles. The zero-order valence-corrected chi connectivity index (χ0v) is 17.8. The van der Waals surface area contributed by atoms with E-state index in [1.807, 2.05) is 60.7 Å². The van der Waals surface area contributed by atoms with Gasteiger partial charge in [-0.3, -0.25) is 19.7 Å². The number of hydrogen-bond donors (Lipinski definition) is 1. The van der Waals surface area contributed by atoms with Crippen LogP contribution >= 0.6 is 0 Å². The Hall–Kier alpha value is -4.59. The number of carbonyl (C=O) groups is 1. The number of nitro benzene ring substituents is 1. The molecule has 0 atom stereocenters. The number of benzene rings is 3. The number of rotatable bonds is 6. The molecule has 8 nitrogen and oxygen atoms in total. The minimum Gasteiger partial charge on any atom is -0.322 e. The van der Waals surface area contributed by atoms with E-state index in [9.17, 15) is 19.7 Å². The van der Waals surface area contributed by atoms with Crippen LogP contribution in [-0.2, 0) is 6.54 Å². The number of aryl methyl sites for hydroxylation is 1. The molecule has 1 amide bonds. The van der Waals surface area contributed by atoms with E-state index in [1.165, 1.54) is 28.9 Å². The lowest BCUT2D eigenvalue weighted by atomic mass is 9.95. The van der Waals surface area contributed by atoms with E-state index in [4.69, 9.17) is 0 Å². The number of amides is 1. The Kier molecular flexibility index (Phi) is 6.08. The van der Waals surface area contributed by atoms with Gasteiger partial charge in [0.25, 0.3) is 17.2 Å². The van der Waals surface area contributed by atoms with Gasteiger partial charge in [0.15, 0.2) is 0 Å². The third-order valence-electron chi connectivity index (χ3n) is 5.11. The molecule has 0 aliphatic carbocycles. The Morgan fingerprint density at radius 3 is 2.21 bits per heavy atom. The molecule has 8 heteroatoms. The Labute approximate surface area is 189 Å². The summed E-state index contributed by atoms with van der Waals surface area (Å²) < 4.78 is 1.25. The van der Waals surface area contributed by atoms with E-state index in [2.05, 4.69) is 10.4 Å². The number of nitrogens with one attached hydrogen (secondary N) is 1. The molecule has 164 valence electrons. The van der Waals surface area contributed by atoms with Gasteiger partial charge in [-0.25, -0.2) is 4.68 Å². The molecule has 4 aromatic rings. The first-order valence-electron chi connectivity index (χ1n) is 10.3. The molecule has 0 unspecified atom stereocenters. The predicted molar refractivity (Wildman–Crippen MR) is 126 cm³/mol. The normalized spacial score (nSPS) is 10.6. The molecule has 0 aliphatic heterocycles. The van der Waals surface area contributed by atoms with Gasteiger partial charge in [-0.15, -0.1) is 0 Å². The van der Waals surface area contributed by atoms with Crippen molar-refractivity contribution in [2.75, 3.05) is 5.32 Å². The van der Waals surface area contributed by atoms with Crippen molar-refractivity contribution >= 4 is 17.3 Å². The fourth-order valence-corrected chi connectivity index (χ4v) is 3.57. The number of nitro groups is 1. The molecule has 0 radical (unpaired) electrons. The smallest absolute Gasteiger partial charge is 0.280 e. The molecule has 1 heterocycles. The quantitative estimate of drug-likeness (QED) is 0.344. The summed E-state index contributed by atoms with van der Waals surface area (Å²) in [6.07, 6.45) is 0. The summed E-state index contributed by atoms with van der Waals surface area (Å²) in [5, 5.41) is 18.3. The fraction of sp³-hybridized carbons (Fsp3) is 0.0800. The van der Waals surface area contributed by atoms with E-state index < -0.39 is 16.4 Å². The summed E-state index contributed by atoms with van der Waals surface area (Å²) >= 11 is 0. The number of hydrogen-bond acceptors (Lipinski definition) is 5. The molecule has 1 N–H and O–H groups in total. The van der Waals surface area contributed by atoms with E-state index in [-0.39, 0.29) is 23.5 Å². The van der Waals surface area contributed by atoms with Crippen LogP contribution in [0.1, 0.15) is 17.3 Å². The maximum absolute atomic E-state index is 13.4. The van der Waals surface area contributed by atoms with Crippen molar-refractivity contribution in [1.82, 2.24) is 9.78 Å². The molecular weight excluding hydrogens is 420 g/mol. The molecule has 33 heavy (non-hydrogen) atoms. The van der Waals surface area contributed by atoms with Crippen LogP contribution in [0.2, 0.25) is 0 Å². The number of anilines is 1. The highest BCUT2D eigenvalue weighted by atomic mass is 16.6. The Balaban J connectivity index is 1.95. The lowest BCUT2D eigenvalue weighted by molar-refractivity contribution is -0.384. The van der Waals surface area contributed by atoms with Crippen LogP contribution in [0.3, 0.4) is 0 Å². The van der Waals surface area contributed by atoms with Crippen LogP contribution in [0.4, 0.5) is 11.4 Å². The van der Waals surface area contributed by atoms with Crippen LogP contribution < -0.4 is 10.9 Å². The van der Waals surface area contributed by atoms with Crippen molar-refractivity contribution in [3.63, 3.8) is 0 Å². The average molecular weight is 440 g/mol. The van der Waals surface area contributed by atoms with Crippen molar-refractivity contribution in [2.24, 2.45) is 0 Å². The molecule has 0 spiro atoms. The zero-order valence-electron chi connectivity index (χ0n) is 17.8. The van der Waals surface area contributed by atoms with Gasteiger partial charge in [-0.1, -0.05) is 66.7 Å². The molecule has 1 aromatic heterocycles. The van der Waals surface area contributed by atoms with E-state index in [0.29, 0.717) is 16.8 Å². The summed E-state index contributed by atoms with van der Waals surface area (Å²) in [5.74, 6) is -0.666. The molecule has 0 bridgehead atoms. The van der Waals surface area contributed by atoms with Gasteiger partial charge in [-0.05, 0) is 18.6 Å². The van der Waals surface area contributed by atoms with E-state index in [0.717, 1.165) is 5.56 Å². The Morgan fingerprint density at radius 2 is 1.61 bits per heavy atom. The molecule has 3 aromatic carbocycles. The third kappa shape index (κ3) is 4.40. The molecule has 4 rings (SSSR count). The number of nitrogens with zero attached hydrogens (tertiary/aromatic N) is 3. The second-order valence-corrected chi connectivity index (χ2v) is 7.21. The highest BCUT2D eigenvalue weighted by Crippen LogP contribution is 2.32. The lowest BCUT2D eigenvalue weighted by Crippen LogP contribution is -2.32. The first-order valence-corrected chi connectivity index (χ1v) is 10.3. The van der Waals surface area contributed by atoms with Crippen LogP contribution in [0.5, 0.6) is 0 Å². The Bertz CT molecular complexity index is 1380. The summed E-state index contributed by atoms with van der Waals surface area (Å²) in [4.78, 5) is 37.3. The minimum atomic E-state index is -0.666. The molecule has 0 aliphatic rings. The molecule has 0 fully saturated rings. The Morgan fingerprint density at radius 1 is 0.970 bits per heavy atom. The predicted octanol–water partition coefficient (Wildman–Crippen LogP) is 4.76. The summed E-state index contributed by atoms with van der Waals surface area (Å²) in [6, 6.07) is 24.0. The highest BCUT2D eigenvalue weighted by molar-refractivity contribution is 6.10. The van der Waals surface area contributed by atoms with Crippen molar-refractivity contribution in [3.8, 4) is 22.4 Å². The topological polar surface area (TPSA) is 107 Å². The van der Waals surface area contributed by atoms with Crippen molar-refractivity contribution in [1.29, 1.82) is 0 Å². The average Bonchev–Trinajstić information content (AvgIpc) is 2.84. The first-order chi connectivity index (χ1) is 16.0. The second kappa shape index (κ2) is 9.27. The van der Waals surface area contributed by atoms with Crippen molar-refractivity contribution in [3.05, 3.63) is 111 Å².